The number of amides is 1. The van der Waals surface area contributed by atoms with Crippen molar-refractivity contribution in [2.45, 2.75) is 0 Å². The van der Waals surface area contributed by atoms with Gasteiger partial charge in [-0.2, -0.15) is 5.10 Å². The Hall–Kier alpha value is -4.30. The minimum atomic E-state index is -0.233. The van der Waals surface area contributed by atoms with Crippen LogP contribution in [-0.2, 0) is 4.79 Å². The largest absolute Gasteiger partial charge is 0.299 e. The first kappa shape index (κ1) is 20.6. The van der Waals surface area contributed by atoms with Gasteiger partial charge in [0.25, 0.3) is 11.5 Å². The lowest BCUT2D eigenvalue weighted by atomic mass is 10.2. The summed E-state index contributed by atoms with van der Waals surface area (Å²) in [5, 5.41) is 11.8. The van der Waals surface area contributed by atoms with E-state index in [9.17, 15) is 9.59 Å². The molecule has 0 aliphatic carbocycles. The molecular formula is C25H17N5O2S. The van der Waals surface area contributed by atoms with Crippen molar-refractivity contribution in [1.82, 2.24) is 14.9 Å². The van der Waals surface area contributed by atoms with Crippen molar-refractivity contribution in [2.75, 3.05) is 0 Å². The number of carbonyl (C=O) groups is 1. The predicted molar refractivity (Wildman–Crippen MR) is 133 cm³/mol. The minimum absolute atomic E-state index is 0.197. The third-order valence-corrected chi connectivity index (χ3v) is 5.79. The summed E-state index contributed by atoms with van der Waals surface area (Å²) < 4.78 is 1.49. The van der Waals surface area contributed by atoms with E-state index < -0.39 is 0 Å². The Morgan fingerprint density at radius 3 is 2.36 bits per heavy atom. The normalized spacial score (nSPS) is 16.2. The van der Waals surface area contributed by atoms with Gasteiger partial charge in [0.1, 0.15) is 0 Å². The van der Waals surface area contributed by atoms with Gasteiger partial charge >= 0.3 is 0 Å². The van der Waals surface area contributed by atoms with Crippen LogP contribution in [0.3, 0.4) is 0 Å². The fraction of sp³-hybridized carbons (Fsp3) is 0. The summed E-state index contributed by atoms with van der Waals surface area (Å²) in [5.74, 6) is 0.103. The van der Waals surface area contributed by atoms with E-state index in [1.807, 2.05) is 66.7 Å². The van der Waals surface area contributed by atoms with Crippen LogP contribution in [-0.4, -0.2) is 26.8 Å². The van der Waals surface area contributed by atoms with Gasteiger partial charge in [-0.25, -0.2) is 4.98 Å². The molecule has 0 bridgehead atoms. The van der Waals surface area contributed by atoms with Crippen LogP contribution < -0.4 is 10.9 Å². The Kier molecular flexibility index (Phi) is 5.65. The second-order valence-electron chi connectivity index (χ2n) is 7.09. The molecule has 8 heteroatoms. The quantitative estimate of drug-likeness (QED) is 0.289. The van der Waals surface area contributed by atoms with Crippen LogP contribution in [0.1, 0.15) is 11.4 Å². The SMILES string of the molecule is O=C1N/C(=N\N=C\c2nc3ccccc3c(=O)n2-c2ccccc2)S/C1=C/c1ccccc1. The lowest BCUT2D eigenvalue weighted by Gasteiger charge is -2.10. The van der Waals surface area contributed by atoms with Crippen LogP contribution in [0.4, 0.5) is 0 Å². The van der Waals surface area contributed by atoms with E-state index in [0.717, 1.165) is 5.56 Å². The monoisotopic (exact) mass is 451 g/mol. The molecule has 0 atom stereocenters. The van der Waals surface area contributed by atoms with Gasteiger partial charge in [0.2, 0.25) is 0 Å². The summed E-state index contributed by atoms with van der Waals surface area (Å²) in [5.41, 5.74) is 1.97. The van der Waals surface area contributed by atoms with Gasteiger partial charge in [0, 0.05) is 0 Å². The van der Waals surface area contributed by atoms with Gasteiger partial charge in [-0.1, -0.05) is 60.7 Å². The van der Waals surface area contributed by atoms with Crippen molar-refractivity contribution < 1.29 is 4.79 Å². The number of fused-ring (bicyclic) bond motifs is 1. The zero-order valence-corrected chi connectivity index (χ0v) is 18.1. The first-order valence-corrected chi connectivity index (χ1v) is 10.9. The van der Waals surface area contributed by atoms with E-state index in [-0.39, 0.29) is 11.5 Å². The minimum Gasteiger partial charge on any atom is -0.299 e. The molecule has 3 aromatic carbocycles. The molecule has 5 rings (SSSR count). The van der Waals surface area contributed by atoms with Gasteiger partial charge < -0.3 is 0 Å². The Labute approximate surface area is 193 Å². The number of carbonyl (C=O) groups excluding carboxylic acids is 1. The van der Waals surface area contributed by atoms with Gasteiger partial charge in [0.15, 0.2) is 11.0 Å². The predicted octanol–water partition coefficient (Wildman–Crippen LogP) is 3.98. The molecule has 1 saturated heterocycles. The van der Waals surface area contributed by atoms with Crippen molar-refractivity contribution in [3.8, 4) is 5.69 Å². The lowest BCUT2D eigenvalue weighted by molar-refractivity contribution is -0.115. The smallest absolute Gasteiger partial charge is 0.266 e. The highest BCUT2D eigenvalue weighted by atomic mass is 32.2. The first-order chi connectivity index (χ1) is 16.2. The van der Waals surface area contributed by atoms with Gasteiger partial charge in [-0.15, -0.1) is 5.10 Å². The van der Waals surface area contributed by atoms with E-state index in [1.54, 1.807) is 24.3 Å². The number of benzene rings is 3. The highest BCUT2D eigenvalue weighted by Crippen LogP contribution is 2.25. The Morgan fingerprint density at radius 2 is 1.58 bits per heavy atom. The number of rotatable bonds is 4. The van der Waals surface area contributed by atoms with Crippen molar-refractivity contribution in [3.63, 3.8) is 0 Å². The zero-order valence-electron chi connectivity index (χ0n) is 17.3. The van der Waals surface area contributed by atoms with E-state index in [4.69, 9.17) is 0 Å². The maximum atomic E-state index is 13.2. The molecule has 33 heavy (non-hydrogen) atoms. The van der Waals surface area contributed by atoms with Crippen molar-refractivity contribution in [3.05, 3.63) is 112 Å². The molecule has 1 N–H and O–H groups in total. The van der Waals surface area contributed by atoms with Crippen LogP contribution in [0.5, 0.6) is 0 Å². The average molecular weight is 452 g/mol. The fourth-order valence-electron chi connectivity index (χ4n) is 3.37. The summed E-state index contributed by atoms with van der Waals surface area (Å²) in [6.45, 7) is 0. The van der Waals surface area contributed by atoms with E-state index in [0.29, 0.717) is 32.5 Å². The molecule has 1 aliphatic heterocycles. The molecule has 160 valence electrons. The molecule has 0 unspecified atom stereocenters. The van der Waals surface area contributed by atoms with Crippen molar-refractivity contribution >= 4 is 46.0 Å². The molecule has 1 aliphatic rings. The lowest BCUT2D eigenvalue weighted by Crippen LogP contribution is -2.23. The van der Waals surface area contributed by atoms with Crippen LogP contribution in [0.25, 0.3) is 22.7 Å². The van der Waals surface area contributed by atoms with Crippen LogP contribution in [0, 0.1) is 0 Å². The summed E-state index contributed by atoms with van der Waals surface area (Å²) >= 11 is 1.20. The number of thioether (sulfide) groups is 1. The number of aromatic nitrogens is 2. The van der Waals surface area contributed by atoms with E-state index in [2.05, 4.69) is 20.5 Å². The summed E-state index contributed by atoms with van der Waals surface area (Å²) in [6, 6.07) is 26.0. The molecule has 2 heterocycles. The third-order valence-electron chi connectivity index (χ3n) is 4.89. The molecule has 1 amide bonds. The highest BCUT2D eigenvalue weighted by molar-refractivity contribution is 8.18. The maximum Gasteiger partial charge on any atom is 0.266 e. The average Bonchev–Trinajstić information content (AvgIpc) is 3.19. The molecule has 0 radical (unpaired) electrons. The summed E-state index contributed by atoms with van der Waals surface area (Å²) in [7, 11) is 0. The zero-order chi connectivity index (χ0) is 22.6. The van der Waals surface area contributed by atoms with Crippen LogP contribution >= 0.6 is 11.8 Å². The number of nitrogens with zero attached hydrogens (tertiary/aromatic N) is 4. The van der Waals surface area contributed by atoms with Crippen LogP contribution in [0.15, 0.2) is 105 Å². The third kappa shape index (κ3) is 4.37. The summed E-state index contributed by atoms with van der Waals surface area (Å²) in [4.78, 5) is 30.6. The number of para-hydroxylation sites is 2. The number of hydrogen-bond donors (Lipinski definition) is 1. The Morgan fingerprint density at radius 1 is 0.879 bits per heavy atom. The standard InChI is InChI=1S/C25H17N5O2S/c31-23-21(15-17-9-3-1-4-10-17)33-25(28-23)29-26-16-22-27-20-14-8-7-13-19(20)24(32)30(22)18-11-5-2-6-12-18/h1-16H,(H,28,29,31)/b21-15+,26-16+. The van der Waals surface area contributed by atoms with Crippen LogP contribution in [0.2, 0.25) is 0 Å². The fourth-order valence-corrected chi connectivity index (χ4v) is 4.15. The molecular weight excluding hydrogens is 434 g/mol. The molecule has 7 nitrogen and oxygen atoms in total. The summed E-state index contributed by atoms with van der Waals surface area (Å²) in [6.07, 6.45) is 3.21. The Balaban J connectivity index is 1.49. The second-order valence-corrected chi connectivity index (χ2v) is 8.12. The molecule has 4 aromatic rings. The number of hydrogen-bond acceptors (Lipinski definition) is 6. The second kappa shape index (κ2) is 9.05. The first-order valence-electron chi connectivity index (χ1n) is 10.1. The molecule has 0 spiro atoms. The molecule has 0 saturated carbocycles. The van der Waals surface area contributed by atoms with Gasteiger partial charge in [-0.05, 0) is 47.7 Å². The molecule has 1 aromatic heterocycles. The Bertz CT molecular complexity index is 1490. The highest BCUT2D eigenvalue weighted by Gasteiger charge is 2.23. The van der Waals surface area contributed by atoms with Crippen molar-refractivity contribution in [2.24, 2.45) is 10.2 Å². The van der Waals surface area contributed by atoms with E-state index >= 15 is 0 Å². The molecule has 1 fully saturated rings. The van der Waals surface area contributed by atoms with E-state index in [1.165, 1.54) is 22.5 Å². The topological polar surface area (TPSA) is 88.7 Å². The van der Waals surface area contributed by atoms with Crippen molar-refractivity contribution in [1.29, 1.82) is 0 Å². The number of amidine groups is 1. The number of nitrogens with one attached hydrogen (secondary N) is 1. The van der Waals surface area contributed by atoms with Gasteiger partial charge in [0.05, 0.1) is 27.7 Å². The van der Waals surface area contributed by atoms with Gasteiger partial charge in [-0.3, -0.25) is 19.5 Å². The maximum absolute atomic E-state index is 13.2.